The van der Waals surface area contributed by atoms with Gasteiger partial charge in [-0.05, 0) is 59.3 Å². The number of rotatable bonds is 6. The van der Waals surface area contributed by atoms with E-state index in [0.717, 1.165) is 19.5 Å². The molecule has 1 aliphatic rings. The molecule has 0 aromatic rings. The molecule has 106 valence electrons. The monoisotopic (exact) mass is 255 g/mol. The zero-order valence-corrected chi connectivity index (χ0v) is 12.5. The summed E-state index contributed by atoms with van der Waals surface area (Å²) in [5.74, 6) is 0.139. The van der Waals surface area contributed by atoms with Crippen LogP contribution in [-0.4, -0.2) is 61.5 Å². The molecule has 4 nitrogen and oxygen atoms in total. The average molecular weight is 255 g/mol. The molecule has 1 heterocycles. The van der Waals surface area contributed by atoms with Gasteiger partial charge in [0.2, 0.25) is 5.91 Å². The summed E-state index contributed by atoms with van der Waals surface area (Å²) in [7, 11) is 3.61. The van der Waals surface area contributed by atoms with Crippen LogP contribution in [0.3, 0.4) is 0 Å². The van der Waals surface area contributed by atoms with Crippen molar-refractivity contribution in [2.45, 2.75) is 45.1 Å². The number of likely N-dealkylation sites (tertiary alicyclic amines) is 1. The lowest BCUT2D eigenvalue weighted by molar-refractivity contribution is -0.134. The van der Waals surface area contributed by atoms with Gasteiger partial charge in [0.1, 0.15) is 0 Å². The molecular formula is C14H29N3O. The number of carbonyl (C=O) groups excluding carboxylic acids is 1. The van der Waals surface area contributed by atoms with Crippen LogP contribution in [0.25, 0.3) is 0 Å². The summed E-state index contributed by atoms with van der Waals surface area (Å²) in [4.78, 5) is 16.1. The summed E-state index contributed by atoms with van der Waals surface area (Å²) in [5.41, 5.74) is -0.453. The average Bonchev–Trinajstić information content (AvgIpc) is 2.35. The Hall–Kier alpha value is -0.610. The van der Waals surface area contributed by atoms with Gasteiger partial charge in [0.05, 0.1) is 5.54 Å². The first-order chi connectivity index (χ1) is 8.43. The summed E-state index contributed by atoms with van der Waals surface area (Å²) >= 11 is 0. The van der Waals surface area contributed by atoms with Crippen molar-refractivity contribution in [1.82, 2.24) is 15.1 Å². The van der Waals surface area contributed by atoms with E-state index in [0.29, 0.717) is 0 Å². The number of hydrogen-bond donors (Lipinski definition) is 1. The van der Waals surface area contributed by atoms with Crippen LogP contribution in [0.15, 0.2) is 0 Å². The van der Waals surface area contributed by atoms with E-state index in [9.17, 15) is 4.79 Å². The van der Waals surface area contributed by atoms with Gasteiger partial charge in [-0.25, -0.2) is 0 Å². The molecule has 0 aliphatic carbocycles. The minimum atomic E-state index is -0.453. The van der Waals surface area contributed by atoms with Gasteiger partial charge in [0, 0.05) is 14.1 Å². The molecular weight excluding hydrogens is 226 g/mol. The van der Waals surface area contributed by atoms with Crippen molar-refractivity contribution in [2.75, 3.05) is 40.3 Å². The molecule has 0 radical (unpaired) electrons. The highest BCUT2D eigenvalue weighted by molar-refractivity contribution is 5.84. The zero-order chi connectivity index (χ0) is 13.6. The van der Waals surface area contributed by atoms with Crippen LogP contribution in [0.1, 0.15) is 39.5 Å². The van der Waals surface area contributed by atoms with E-state index in [1.165, 1.54) is 32.4 Å². The third kappa shape index (κ3) is 4.94. The van der Waals surface area contributed by atoms with Crippen LogP contribution < -0.4 is 5.32 Å². The van der Waals surface area contributed by atoms with E-state index in [1.807, 2.05) is 13.8 Å². The number of nitrogens with one attached hydrogen (secondary N) is 1. The number of nitrogens with zero attached hydrogens (tertiary/aromatic N) is 2. The second-order valence-electron chi connectivity index (χ2n) is 6.01. The fourth-order valence-corrected chi connectivity index (χ4v) is 2.52. The van der Waals surface area contributed by atoms with Crippen molar-refractivity contribution >= 4 is 5.91 Å². The lowest BCUT2D eigenvalue weighted by Gasteiger charge is -2.30. The third-order valence-corrected chi connectivity index (χ3v) is 3.61. The van der Waals surface area contributed by atoms with Crippen molar-refractivity contribution in [3.8, 4) is 0 Å². The van der Waals surface area contributed by atoms with Crippen molar-refractivity contribution in [1.29, 1.82) is 0 Å². The summed E-state index contributed by atoms with van der Waals surface area (Å²) in [6.07, 6.45) is 5.19. The van der Waals surface area contributed by atoms with E-state index in [4.69, 9.17) is 0 Å². The van der Waals surface area contributed by atoms with Crippen molar-refractivity contribution in [3.05, 3.63) is 0 Å². The molecule has 1 fully saturated rings. The second-order valence-corrected chi connectivity index (χ2v) is 6.01. The Labute approximate surface area is 112 Å². The summed E-state index contributed by atoms with van der Waals surface area (Å²) in [5, 5.41) is 3.36. The highest BCUT2D eigenvalue weighted by Gasteiger charge is 2.27. The third-order valence-electron chi connectivity index (χ3n) is 3.61. The van der Waals surface area contributed by atoms with Gasteiger partial charge < -0.3 is 15.1 Å². The quantitative estimate of drug-likeness (QED) is 0.727. The van der Waals surface area contributed by atoms with Gasteiger partial charge >= 0.3 is 0 Å². The van der Waals surface area contributed by atoms with E-state index in [-0.39, 0.29) is 5.91 Å². The lowest BCUT2D eigenvalue weighted by Crippen LogP contribution is -2.52. The van der Waals surface area contributed by atoms with Crippen LogP contribution in [-0.2, 0) is 4.79 Å². The molecule has 0 unspecified atom stereocenters. The highest BCUT2D eigenvalue weighted by Crippen LogP contribution is 2.09. The highest BCUT2D eigenvalue weighted by atomic mass is 16.2. The summed E-state index contributed by atoms with van der Waals surface area (Å²) in [6, 6.07) is 0. The molecule has 4 heteroatoms. The minimum Gasteiger partial charge on any atom is -0.347 e. The number of piperidine rings is 1. The Bertz CT molecular complexity index is 258. The second kappa shape index (κ2) is 7.10. The first-order valence-corrected chi connectivity index (χ1v) is 7.12. The normalized spacial score (nSPS) is 17.8. The van der Waals surface area contributed by atoms with Gasteiger partial charge in [-0.3, -0.25) is 4.79 Å². The van der Waals surface area contributed by atoms with E-state index >= 15 is 0 Å². The van der Waals surface area contributed by atoms with Gasteiger partial charge in [-0.2, -0.15) is 0 Å². The maximum atomic E-state index is 11.9. The van der Waals surface area contributed by atoms with Gasteiger partial charge in [0.25, 0.3) is 0 Å². The Kier molecular flexibility index (Phi) is 6.09. The fourth-order valence-electron chi connectivity index (χ4n) is 2.52. The number of carbonyl (C=O) groups is 1. The number of hydrogen-bond acceptors (Lipinski definition) is 3. The summed E-state index contributed by atoms with van der Waals surface area (Å²) < 4.78 is 0. The SMILES string of the molecule is CN(C)C(=O)C(C)(C)NCCCN1CCCCC1. The molecule has 0 saturated carbocycles. The molecule has 1 rings (SSSR count). The van der Waals surface area contributed by atoms with Gasteiger partial charge in [-0.15, -0.1) is 0 Å². The Morgan fingerprint density at radius 3 is 2.39 bits per heavy atom. The lowest BCUT2D eigenvalue weighted by atomic mass is 10.0. The Morgan fingerprint density at radius 2 is 1.83 bits per heavy atom. The van der Waals surface area contributed by atoms with Crippen LogP contribution in [0, 0.1) is 0 Å². The Morgan fingerprint density at radius 1 is 1.22 bits per heavy atom. The number of amides is 1. The topological polar surface area (TPSA) is 35.6 Å². The maximum Gasteiger partial charge on any atom is 0.241 e. The number of likely N-dealkylation sites (N-methyl/N-ethyl adjacent to an activating group) is 1. The van der Waals surface area contributed by atoms with Crippen LogP contribution in [0.2, 0.25) is 0 Å². The molecule has 1 saturated heterocycles. The van der Waals surface area contributed by atoms with Gasteiger partial charge in [0.15, 0.2) is 0 Å². The van der Waals surface area contributed by atoms with E-state index in [2.05, 4.69) is 10.2 Å². The van der Waals surface area contributed by atoms with Crippen LogP contribution in [0.4, 0.5) is 0 Å². The molecule has 0 spiro atoms. The molecule has 1 N–H and O–H groups in total. The largest absolute Gasteiger partial charge is 0.347 e. The van der Waals surface area contributed by atoms with Crippen molar-refractivity contribution in [3.63, 3.8) is 0 Å². The predicted octanol–water partition coefficient (Wildman–Crippen LogP) is 1.32. The van der Waals surface area contributed by atoms with Crippen LogP contribution in [0.5, 0.6) is 0 Å². The first kappa shape index (κ1) is 15.4. The van der Waals surface area contributed by atoms with E-state index in [1.54, 1.807) is 19.0 Å². The van der Waals surface area contributed by atoms with Crippen molar-refractivity contribution in [2.24, 2.45) is 0 Å². The summed E-state index contributed by atoms with van der Waals surface area (Å²) in [6.45, 7) is 8.47. The molecule has 1 aliphatic heterocycles. The zero-order valence-electron chi connectivity index (χ0n) is 12.5. The first-order valence-electron chi connectivity index (χ1n) is 7.12. The van der Waals surface area contributed by atoms with Crippen molar-refractivity contribution < 1.29 is 4.79 Å². The fraction of sp³-hybridized carbons (Fsp3) is 0.929. The smallest absolute Gasteiger partial charge is 0.241 e. The molecule has 0 aromatic heterocycles. The Balaban J connectivity index is 2.18. The van der Waals surface area contributed by atoms with Gasteiger partial charge in [-0.1, -0.05) is 6.42 Å². The maximum absolute atomic E-state index is 11.9. The standard InChI is InChI=1S/C14H29N3O/c1-14(2,13(18)16(3)4)15-9-8-12-17-10-6-5-7-11-17/h15H,5-12H2,1-4H3. The molecule has 18 heavy (non-hydrogen) atoms. The molecule has 0 aromatic carbocycles. The molecule has 0 atom stereocenters. The molecule has 0 bridgehead atoms. The molecule has 1 amide bonds. The van der Waals surface area contributed by atoms with Crippen LogP contribution >= 0.6 is 0 Å². The minimum absolute atomic E-state index is 0.139. The van der Waals surface area contributed by atoms with E-state index < -0.39 is 5.54 Å². The predicted molar refractivity (Wildman–Crippen MR) is 75.7 cm³/mol.